The van der Waals surface area contributed by atoms with Crippen molar-refractivity contribution in [1.29, 1.82) is 0 Å². The number of ether oxygens (including phenoxy) is 1. The zero-order valence-electron chi connectivity index (χ0n) is 16.1. The van der Waals surface area contributed by atoms with Gasteiger partial charge in [-0.1, -0.05) is 5.16 Å². The summed E-state index contributed by atoms with van der Waals surface area (Å²) in [6.07, 6.45) is -8.21. The molecule has 0 bridgehead atoms. The molecular weight excluding hydrogens is 451 g/mol. The third-order valence-corrected chi connectivity index (χ3v) is 4.17. The minimum absolute atomic E-state index is 0.0372. The van der Waals surface area contributed by atoms with Gasteiger partial charge in [0.2, 0.25) is 5.76 Å². The molecule has 0 radical (unpaired) electrons. The second-order valence-electron chi connectivity index (χ2n) is 6.59. The van der Waals surface area contributed by atoms with Gasteiger partial charge in [-0.05, 0) is 31.2 Å². The van der Waals surface area contributed by atoms with E-state index in [9.17, 15) is 35.5 Å². The average Bonchev–Trinajstić information content (AvgIpc) is 3.15. The highest BCUT2D eigenvalue weighted by molar-refractivity contribution is 5.48. The molecule has 172 valence electrons. The fourth-order valence-electron chi connectivity index (χ4n) is 2.77. The zero-order chi connectivity index (χ0) is 23.7. The van der Waals surface area contributed by atoms with Crippen molar-refractivity contribution in [3.8, 4) is 11.4 Å². The molecule has 1 N–H and O–H groups in total. The van der Waals surface area contributed by atoms with Crippen LogP contribution < -0.4 is 15.6 Å². The summed E-state index contributed by atoms with van der Waals surface area (Å²) in [7, 11) is 0. The summed E-state index contributed by atoms with van der Waals surface area (Å²) in [4.78, 5) is 12.9. The number of anilines is 1. The first kappa shape index (κ1) is 23.2. The van der Waals surface area contributed by atoms with Gasteiger partial charge in [0.25, 0.3) is 5.56 Å². The third kappa shape index (κ3) is 5.39. The quantitative estimate of drug-likeness (QED) is 0.514. The van der Waals surface area contributed by atoms with Crippen LogP contribution in [-0.2, 0) is 6.18 Å². The standard InChI is InChI=1S/C19H14F7N3O3/c1-10(27-16-8-15(32-28-16)19(24,25)26)12-3-2-6-29(17(12)30)13-5-4-11(20)7-14(13)31-9-18(21,22)23/h2-8,10H,9H2,1H3,(H,27,28). The first-order valence-electron chi connectivity index (χ1n) is 8.86. The molecule has 1 unspecified atom stereocenters. The molecule has 0 aliphatic rings. The second-order valence-corrected chi connectivity index (χ2v) is 6.59. The van der Waals surface area contributed by atoms with Gasteiger partial charge < -0.3 is 14.6 Å². The molecule has 1 aromatic carbocycles. The number of hydrogen-bond acceptors (Lipinski definition) is 5. The molecular formula is C19H14F7N3O3. The Hall–Kier alpha value is -3.51. The molecule has 13 heteroatoms. The van der Waals surface area contributed by atoms with Crippen LogP contribution in [0.1, 0.15) is 24.3 Å². The SMILES string of the molecule is CC(Nc1cc(C(F)(F)F)on1)c1cccn(-c2ccc(F)cc2OCC(F)(F)F)c1=O. The molecule has 1 atom stereocenters. The molecule has 3 rings (SSSR count). The van der Waals surface area contributed by atoms with E-state index in [1.807, 2.05) is 0 Å². The van der Waals surface area contributed by atoms with Crippen molar-refractivity contribution < 1.29 is 40.0 Å². The molecule has 6 nitrogen and oxygen atoms in total. The zero-order valence-corrected chi connectivity index (χ0v) is 16.1. The van der Waals surface area contributed by atoms with Crippen LogP contribution in [0, 0.1) is 5.82 Å². The number of nitrogens with one attached hydrogen (secondary N) is 1. The minimum atomic E-state index is -4.75. The van der Waals surface area contributed by atoms with Crippen molar-refractivity contribution in [2.24, 2.45) is 0 Å². The Morgan fingerprint density at radius 3 is 2.50 bits per heavy atom. The summed E-state index contributed by atoms with van der Waals surface area (Å²) < 4.78 is 98.9. The predicted molar refractivity (Wildman–Crippen MR) is 97.1 cm³/mol. The van der Waals surface area contributed by atoms with Crippen LogP contribution in [0.25, 0.3) is 5.69 Å². The lowest BCUT2D eigenvalue weighted by Crippen LogP contribution is -2.26. The molecule has 0 saturated heterocycles. The van der Waals surface area contributed by atoms with Gasteiger partial charge in [-0.15, -0.1) is 0 Å². The van der Waals surface area contributed by atoms with Gasteiger partial charge in [-0.25, -0.2) is 4.39 Å². The van der Waals surface area contributed by atoms with Crippen molar-refractivity contribution in [2.45, 2.75) is 25.3 Å². The highest BCUT2D eigenvalue weighted by Gasteiger charge is 2.36. The van der Waals surface area contributed by atoms with E-state index >= 15 is 0 Å². The lowest BCUT2D eigenvalue weighted by atomic mass is 10.1. The number of halogens is 7. The van der Waals surface area contributed by atoms with Crippen LogP contribution >= 0.6 is 0 Å². The van der Waals surface area contributed by atoms with Crippen molar-refractivity contribution in [3.05, 3.63) is 70.1 Å². The molecule has 0 fully saturated rings. The number of benzene rings is 1. The summed E-state index contributed by atoms with van der Waals surface area (Å²) in [5, 5.41) is 5.83. The van der Waals surface area contributed by atoms with E-state index in [-0.39, 0.29) is 17.1 Å². The fraction of sp³-hybridized carbons (Fsp3) is 0.263. The van der Waals surface area contributed by atoms with E-state index in [1.165, 1.54) is 25.3 Å². The molecule has 2 aromatic heterocycles. The summed E-state index contributed by atoms with van der Waals surface area (Å²) in [6.45, 7) is -0.252. The Morgan fingerprint density at radius 1 is 1.16 bits per heavy atom. The largest absolute Gasteiger partial charge is 0.482 e. The first-order chi connectivity index (χ1) is 14.8. The maximum atomic E-state index is 13.6. The van der Waals surface area contributed by atoms with Gasteiger partial charge in [0.15, 0.2) is 12.4 Å². The number of nitrogens with zero attached hydrogens (tertiary/aromatic N) is 2. The lowest BCUT2D eigenvalue weighted by Gasteiger charge is -2.17. The molecule has 0 aliphatic carbocycles. The number of rotatable bonds is 6. The first-order valence-corrected chi connectivity index (χ1v) is 8.86. The van der Waals surface area contributed by atoms with Gasteiger partial charge in [0.05, 0.1) is 11.7 Å². The molecule has 0 aliphatic heterocycles. The van der Waals surface area contributed by atoms with Crippen molar-refractivity contribution >= 4 is 5.82 Å². The number of hydrogen-bond donors (Lipinski definition) is 1. The van der Waals surface area contributed by atoms with Crippen molar-refractivity contribution in [3.63, 3.8) is 0 Å². The van der Waals surface area contributed by atoms with Crippen LogP contribution in [0.5, 0.6) is 5.75 Å². The summed E-state index contributed by atoms with van der Waals surface area (Å²) in [6, 6.07) is 5.19. The Bertz CT molecular complexity index is 1150. The molecule has 0 spiro atoms. The van der Waals surface area contributed by atoms with E-state index in [4.69, 9.17) is 0 Å². The Balaban J connectivity index is 1.92. The summed E-state index contributed by atoms with van der Waals surface area (Å²) in [5.41, 5.74) is -0.846. The molecule has 2 heterocycles. The van der Waals surface area contributed by atoms with Crippen LogP contribution in [0.4, 0.5) is 36.6 Å². The Labute approximate surface area is 175 Å². The van der Waals surface area contributed by atoms with Gasteiger partial charge in [0, 0.05) is 23.9 Å². The number of alkyl halides is 6. The van der Waals surface area contributed by atoms with E-state index in [0.717, 1.165) is 16.7 Å². The average molecular weight is 465 g/mol. The lowest BCUT2D eigenvalue weighted by molar-refractivity contribution is -0.155. The Kier molecular flexibility index (Phi) is 6.19. The monoisotopic (exact) mass is 465 g/mol. The second kappa shape index (κ2) is 8.55. The molecule has 32 heavy (non-hydrogen) atoms. The van der Waals surface area contributed by atoms with E-state index in [0.29, 0.717) is 12.1 Å². The topological polar surface area (TPSA) is 69.3 Å². The molecule has 0 amide bonds. The van der Waals surface area contributed by atoms with Crippen molar-refractivity contribution in [1.82, 2.24) is 9.72 Å². The van der Waals surface area contributed by atoms with Crippen LogP contribution in [0.15, 0.2) is 51.9 Å². The fourth-order valence-corrected chi connectivity index (χ4v) is 2.77. The van der Waals surface area contributed by atoms with Gasteiger partial charge >= 0.3 is 12.4 Å². The number of aromatic nitrogens is 2. The highest BCUT2D eigenvalue weighted by Crippen LogP contribution is 2.31. The summed E-state index contributed by atoms with van der Waals surface area (Å²) >= 11 is 0. The Morgan fingerprint density at radius 2 is 1.88 bits per heavy atom. The minimum Gasteiger partial charge on any atom is -0.482 e. The predicted octanol–water partition coefficient (Wildman–Crippen LogP) is 5.10. The maximum absolute atomic E-state index is 13.6. The maximum Gasteiger partial charge on any atom is 0.452 e. The summed E-state index contributed by atoms with van der Waals surface area (Å²) in [5.74, 6) is -3.02. The van der Waals surface area contributed by atoms with Gasteiger partial charge in [0.1, 0.15) is 11.6 Å². The highest BCUT2D eigenvalue weighted by atomic mass is 19.4. The third-order valence-electron chi connectivity index (χ3n) is 4.17. The smallest absolute Gasteiger partial charge is 0.452 e. The normalized spacial score (nSPS) is 13.1. The number of pyridine rings is 1. The van der Waals surface area contributed by atoms with Crippen molar-refractivity contribution in [2.75, 3.05) is 11.9 Å². The van der Waals surface area contributed by atoms with Crippen LogP contribution in [0.2, 0.25) is 0 Å². The van der Waals surface area contributed by atoms with Crippen LogP contribution in [-0.4, -0.2) is 22.5 Å². The molecule has 0 saturated carbocycles. The van der Waals surface area contributed by atoms with Crippen LogP contribution in [0.3, 0.4) is 0 Å². The van der Waals surface area contributed by atoms with E-state index < -0.39 is 47.9 Å². The van der Waals surface area contributed by atoms with E-state index in [1.54, 1.807) is 0 Å². The van der Waals surface area contributed by atoms with E-state index in [2.05, 4.69) is 19.7 Å². The molecule has 3 aromatic rings. The van der Waals surface area contributed by atoms with Gasteiger partial charge in [-0.3, -0.25) is 9.36 Å². The van der Waals surface area contributed by atoms with Gasteiger partial charge in [-0.2, -0.15) is 26.3 Å².